The van der Waals surface area contributed by atoms with Gasteiger partial charge in [-0.25, -0.2) is 0 Å². The summed E-state index contributed by atoms with van der Waals surface area (Å²) in [5.74, 6) is 1.07. The van der Waals surface area contributed by atoms with Gasteiger partial charge in [-0.1, -0.05) is 36.4 Å². The Morgan fingerprint density at radius 1 is 1.15 bits per heavy atom. The molecule has 1 aliphatic carbocycles. The number of rotatable bonds is 9. The molecule has 1 aliphatic heterocycles. The number of carbonyl (C=O) groups is 1. The smallest absolute Gasteiger partial charge is 0.312 e. The Hall–Kier alpha value is -2.37. The van der Waals surface area contributed by atoms with Gasteiger partial charge in [0, 0.05) is 12.1 Å². The highest BCUT2D eigenvalue weighted by Crippen LogP contribution is 2.41. The Morgan fingerprint density at radius 3 is 2.73 bits per heavy atom. The highest BCUT2D eigenvalue weighted by molar-refractivity contribution is 5.77. The van der Waals surface area contributed by atoms with E-state index in [9.17, 15) is 4.79 Å². The normalized spacial score (nSPS) is 19.0. The van der Waals surface area contributed by atoms with Crippen LogP contribution in [0.3, 0.4) is 0 Å². The number of esters is 1. The molecule has 0 radical (unpaired) electrons. The second kappa shape index (κ2) is 10.3. The molecular weight excluding hydrogens is 414 g/mol. The van der Waals surface area contributed by atoms with E-state index >= 15 is 0 Å². The lowest BCUT2D eigenvalue weighted by Crippen LogP contribution is -2.43. The predicted octanol–water partition coefficient (Wildman–Crippen LogP) is 5.14. The van der Waals surface area contributed by atoms with Crippen LogP contribution in [0.2, 0.25) is 0 Å². The van der Waals surface area contributed by atoms with Crippen molar-refractivity contribution in [3.05, 3.63) is 64.7 Å². The first-order chi connectivity index (χ1) is 15.8. The largest absolute Gasteiger partial charge is 0.463 e. The average Bonchev–Trinajstić information content (AvgIpc) is 3.28. The Kier molecular flexibility index (Phi) is 7.40. The molecule has 0 aromatic heterocycles. The van der Waals surface area contributed by atoms with Gasteiger partial charge in [0.2, 0.25) is 0 Å². The summed E-state index contributed by atoms with van der Waals surface area (Å²) in [7, 11) is 2.14. The van der Waals surface area contributed by atoms with E-state index in [1.54, 1.807) is 0 Å². The molecule has 0 saturated heterocycles. The predicted molar refractivity (Wildman–Crippen MR) is 129 cm³/mol. The van der Waals surface area contributed by atoms with Gasteiger partial charge in [-0.15, -0.1) is 0 Å². The molecule has 2 unspecified atom stereocenters. The highest BCUT2D eigenvalue weighted by atomic mass is 17.2. The Bertz CT molecular complexity index is 972. The summed E-state index contributed by atoms with van der Waals surface area (Å²) < 4.78 is 5.78. The third-order valence-electron chi connectivity index (χ3n) is 7.35. The molecule has 2 aliphatic rings. The summed E-state index contributed by atoms with van der Waals surface area (Å²) >= 11 is 0. The molecule has 5 heteroatoms. The molecule has 4 rings (SSSR count). The highest BCUT2D eigenvalue weighted by Gasteiger charge is 2.43. The quantitative estimate of drug-likeness (QED) is 0.390. The minimum absolute atomic E-state index is 0.0500. The van der Waals surface area contributed by atoms with Gasteiger partial charge < -0.3 is 14.5 Å². The van der Waals surface area contributed by atoms with E-state index in [2.05, 4.69) is 61.3 Å². The van der Waals surface area contributed by atoms with E-state index < -0.39 is 5.41 Å². The number of nitrogens with zero attached hydrogens (tertiary/aromatic N) is 1. The molecule has 0 fully saturated rings. The zero-order chi connectivity index (χ0) is 23.4. The summed E-state index contributed by atoms with van der Waals surface area (Å²) in [6.07, 6.45) is 4.63. The first kappa shape index (κ1) is 23.8. The van der Waals surface area contributed by atoms with Gasteiger partial charge in [-0.3, -0.25) is 4.79 Å². The number of likely N-dealkylation sites (N-methyl/N-ethyl adjacent to an activating group) is 1. The number of fused-ring (bicyclic) bond motifs is 2. The van der Waals surface area contributed by atoms with E-state index in [1.807, 2.05) is 13.8 Å². The number of benzene rings is 2. The zero-order valence-corrected chi connectivity index (χ0v) is 20.4. The molecule has 2 atom stereocenters. The minimum atomic E-state index is -0.495. The molecule has 2 aromatic carbocycles. The van der Waals surface area contributed by atoms with Crippen LogP contribution in [0.15, 0.2) is 42.5 Å². The maximum absolute atomic E-state index is 13.3. The fraction of sp³-hybridized carbons (Fsp3) is 0.536. The maximum atomic E-state index is 13.3. The van der Waals surface area contributed by atoms with Crippen molar-refractivity contribution in [1.29, 1.82) is 0 Å². The molecule has 0 spiro atoms. The topological polar surface area (TPSA) is 48.0 Å². The first-order valence-electron chi connectivity index (χ1n) is 12.2. The van der Waals surface area contributed by atoms with Crippen molar-refractivity contribution in [2.45, 2.75) is 65.6 Å². The van der Waals surface area contributed by atoms with Crippen LogP contribution in [0, 0.1) is 11.3 Å². The van der Waals surface area contributed by atoms with Crippen molar-refractivity contribution in [3.63, 3.8) is 0 Å². The molecule has 0 saturated carbocycles. The number of hydrogen-bond acceptors (Lipinski definition) is 5. The van der Waals surface area contributed by atoms with E-state index in [1.165, 1.54) is 16.7 Å². The van der Waals surface area contributed by atoms with Crippen molar-refractivity contribution in [3.8, 4) is 5.75 Å². The fourth-order valence-electron chi connectivity index (χ4n) is 5.03. The van der Waals surface area contributed by atoms with Crippen LogP contribution in [0.25, 0.3) is 0 Å². The number of hydrogen-bond donors (Lipinski definition) is 0. The third-order valence-corrected chi connectivity index (χ3v) is 7.35. The van der Waals surface area contributed by atoms with E-state index in [-0.39, 0.29) is 12.1 Å². The summed E-state index contributed by atoms with van der Waals surface area (Å²) in [6, 6.07) is 15.0. The molecule has 0 N–H and O–H groups in total. The maximum Gasteiger partial charge on any atom is 0.312 e. The first-order valence-corrected chi connectivity index (χ1v) is 12.2. The molecular formula is C28H37NO4. The van der Waals surface area contributed by atoms with E-state index in [0.29, 0.717) is 12.5 Å². The standard InChI is InChI=1S/C28H37NO4/c1-20(2)32-27(30)28(3,25-12-11-22-7-5-6-8-23(22)18-25)14-16-29(4)15-13-21-9-10-24-19-31-33-26(24)17-21/h5-10,17,20,25H,11-16,18-19H2,1-4H3. The lowest BCUT2D eigenvalue weighted by Gasteiger charge is -2.40. The number of ether oxygens (including phenoxy) is 1. The molecule has 5 nitrogen and oxygen atoms in total. The van der Waals surface area contributed by atoms with Gasteiger partial charge in [0.15, 0.2) is 5.75 Å². The fourth-order valence-corrected chi connectivity index (χ4v) is 5.03. The van der Waals surface area contributed by atoms with Crippen LogP contribution in [0.1, 0.15) is 55.9 Å². The van der Waals surface area contributed by atoms with E-state index in [4.69, 9.17) is 14.5 Å². The van der Waals surface area contributed by atoms with Gasteiger partial charge >= 0.3 is 5.97 Å². The van der Waals surface area contributed by atoms with Crippen LogP contribution in [0.5, 0.6) is 5.75 Å². The van der Waals surface area contributed by atoms with Crippen LogP contribution >= 0.6 is 0 Å². The summed E-state index contributed by atoms with van der Waals surface area (Å²) in [5, 5.41) is 0. The van der Waals surface area contributed by atoms with E-state index in [0.717, 1.165) is 56.5 Å². The molecule has 33 heavy (non-hydrogen) atoms. The van der Waals surface area contributed by atoms with Crippen molar-refractivity contribution in [1.82, 2.24) is 4.90 Å². The second-order valence-corrected chi connectivity index (χ2v) is 10.2. The van der Waals surface area contributed by atoms with Gasteiger partial charge in [-0.05, 0) is 95.1 Å². The lowest BCUT2D eigenvalue weighted by atomic mass is 9.66. The monoisotopic (exact) mass is 451 g/mol. The lowest BCUT2D eigenvalue weighted by molar-refractivity contribution is -0.194. The average molecular weight is 452 g/mol. The summed E-state index contributed by atoms with van der Waals surface area (Å²) in [5.41, 5.74) is 4.64. The SMILES string of the molecule is CC(C)OC(=O)C(C)(CCN(C)CCc1ccc2c(c1)OOC2)C1CCc2ccccc2C1. The van der Waals surface area contributed by atoms with Gasteiger partial charge in [0.05, 0.1) is 11.5 Å². The third kappa shape index (κ3) is 5.59. The molecule has 178 valence electrons. The van der Waals surface area contributed by atoms with Crippen LogP contribution in [0.4, 0.5) is 0 Å². The van der Waals surface area contributed by atoms with Gasteiger partial charge in [0.1, 0.15) is 6.61 Å². The van der Waals surface area contributed by atoms with Gasteiger partial charge in [0.25, 0.3) is 0 Å². The molecule has 0 bridgehead atoms. The van der Waals surface area contributed by atoms with Crippen molar-refractivity contribution in [2.24, 2.45) is 11.3 Å². The Labute approximate surface area is 198 Å². The second-order valence-electron chi connectivity index (χ2n) is 10.2. The summed E-state index contributed by atoms with van der Waals surface area (Å²) in [4.78, 5) is 25.9. The van der Waals surface area contributed by atoms with Crippen molar-refractivity contribution < 1.29 is 19.3 Å². The van der Waals surface area contributed by atoms with Crippen LogP contribution in [-0.4, -0.2) is 37.1 Å². The number of carbonyl (C=O) groups excluding carboxylic acids is 1. The molecule has 2 aromatic rings. The zero-order valence-electron chi connectivity index (χ0n) is 20.4. The number of aryl methyl sites for hydroxylation is 1. The summed E-state index contributed by atoms with van der Waals surface area (Å²) in [6.45, 7) is 8.29. The van der Waals surface area contributed by atoms with Gasteiger partial charge in [-0.2, -0.15) is 4.89 Å². The Morgan fingerprint density at radius 2 is 1.94 bits per heavy atom. The van der Waals surface area contributed by atoms with Crippen molar-refractivity contribution >= 4 is 5.97 Å². The van der Waals surface area contributed by atoms with Crippen molar-refractivity contribution in [2.75, 3.05) is 20.1 Å². The minimum Gasteiger partial charge on any atom is -0.463 e. The van der Waals surface area contributed by atoms with Crippen LogP contribution in [-0.2, 0) is 40.3 Å². The van der Waals surface area contributed by atoms with Crippen LogP contribution < -0.4 is 4.89 Å². The molecule has 0 amide bonds. The Balaban J connectivity index is 1.39. The molecule has 1 heterocycles.